The Morgan fingerprint density at radius 3 is 2.68 bits per heavy atom. The van der Waals surface area contributed by atoms with Gasteiger partial charge in [0.2, 0.25) is 5.91 Å². The Kier molecular flexibility index (Phi) is 5.82. The highest BCUT2D eigenvalue weighted by molar-refractivity contribution is 6.36. The molecule has 0 spiro atoms. The second-order valence-electron chi connectivity index (χ2n) is 7.54. The highest BCUT2D eigenvalue weighted by Gasteiger charge is 2.20. The van der Waals surface area contributed by atoms with Crippen molar-refractivity contribution in [3.05, 3.63) is 52.1 Å². The van der Waals surface area contributed by atoms with Crippen LogP contribution in [0.3, 0.4) is 0 Å². The third-order valence-electron chi connectivity index (χ3n) is 4.05. The topological polar surface area (TPSA) is 73.0 Å². The van der Waals surface area contributed by atoms with Gasteiger partial charge in [0, 0.05) is 29.5 Å². The van der Waals surface area contributed by atoms with Gasteiger partial charge in [-0.15, -0.1) is 0 Å². The lowest BCUT2D eigenvalue weighted by Gasteiger charge is -2.22. The average molecular weight is 421 g/mol. The van der Waals surface area contributed by atoms with Gasteiger partial charge < -0.3 is 9.73 Å². The van der Waals surface area contributed by atoms with Gasteiger partial charge in [0.25, 0.3) is 0 Å². The van der Waals surface area contributed by atoms with Crippen molar-refractivity contribution in [3.63, 3.8) is 0 Å². The van der Waals surface area contributed by atoms with Crippen LogP contribution in [0.25, 0.3) is 11.3 Å². The number of oxazole rings is 1. The Bertz CT molecular complexity index is 1000. The fraction of sp³-hybridized carbons (Fsp3) is 0.350. The molecular weight excluding hydrogens is 399 g/mol. The fourth-order valence-corrected chi connectivity index (χ4v) is 3.27. The highest BCUT2D eigenvalue weighted by atomic mass is 35.5. The van der Waals surface area contributed by atoms with Gasteiger partial charge >= 0.3 is 0 Å². The van der Waals surface area contributed by atoms with Crippen LogP contribution >= 0.6 is 23.2 Å². The van der Waals surface area contributed by atoms with Crippen molar-refractivity contribution < 1.29 is 9.21 Å². The van der Waals surface area contributed by atoms with E-state index < -0.39 is 0 Å². The third-order valence-corrected chi connectivity index (χ3v) is 4.60. The normalized spacial score (nSPS) is 11.6. The number of nitrogens with one attached hydrogen (secondary N) is 1. The fourth-order valence-electron chi connectivity index (χ4n) is 2.77. The summed E-state index contributed by atoms with van der Waals surface area (Å²) in [4.78, 5) is 16.6. The summed E-state index contributed by atoms with van der Waals surface area (Å²) in [6.07, 6.45) is 2.21. The summed E-state index contributed by atoms with van der Waals surface area (Å²) in [5.41, 5.74) is 1.33. The van der Waals surface area contributed by atoms with Crippen LogP contribution in [0.1, 0.15) is 38.8 Å². The zero-order valence-corrected chi connectivity index (χ0v) is 17.7. The molecule has 148 valence electrons. The Balaban J connectivity index is 1.64. The van der Waals surface area contributed by atoms with E-state index in [2.05, 4.69) is 15.4 Å². The van der Waals surface area contributed by atoms with E-state index >= 15 is 0 Å². The number of hydrogen-bond donors (Lipinski definition) is 1. The molecule has 0 aliphatic rings. The molecule has 6 nitrogen and oxygen atoms in total. The molecule has 0 aliphatic carbocycles. The van der Waals surface area contributed by atoms with Gasteiger partial charge in [-0.1, -0.05) is 23.2 Å². The SMILES string of the molecule is Cc1cc(NC(=O)CCc2ncc(-c3ccc(Cl)cc3Cl)o2)n(C(C)(C)C)n1. The lowest BCUT2D eigenvalue weighted by Crippen LogP contribution is -2.26. The number of rotatable bonds is 5. The second kappa shape index (κ2) is 7.97. The van der Waals surface area contributed by atoms with Gasteiger partial charge in [0.1, 0.15) is 5.82 Å². The first-order valence-corrected chi connectivity index (χ1v) is 9.66. The molecule has 0 saturated heterocycles. The molecule has 0 fully saturated rings. The summed E-state index contributed by atoms with van der Waals surface area (Å²) in [6, 6.07) is 7.01. The molecular formula is C20H22Cl2N4O2. The number of benzene rings is 1. The molecule has 1 N–H and O–H groups in total. The molecule has 3 aromatic rings. The molecule has 1 amide bonds. The van der Waals surface area contributed by atoms with Crippen LogP contribution < -0.4 is 5.32 Å². The number of amides is 1. The van der Waals surface area contributed by atoms with Crippen molar-refractivity contribution in [1.82, 2.24) is 14.8 Å². The van der Waals surface area contributed by atoms with Gasteiger partial charge in [0.05, 0.1) is 22.5 Å². The monoisotopic (exact) mass is 420 g/mol. The Hall–Kier alpha value is -2.31. The largest absolute Gasteiger partial charge is 0.441 e. The number of halogens is 2. The minimum absolute atomic E-state index is 0.130. The van der Waals surface area contributed by atoms with Crippen LogP contribution in [0.5, 0.6) is 0 Å². The van der Waals surface area contributed by atoms with Crippen molar-refractivity contribution in [1.29, 1.82) is 0 Å². The zero-order chi connectivity index (χ0) is 20.5. The molecule has 0 unspecified atom stereocenters. The molecule has 3 rings (SSSR count). The van der Waals surface area contributed by atoms with Crippen molar-refractivity contribution in [2.24, 2.45) is 0 Å². The molecule has 0 aliphatic heterocycles. The number of carbonyl (C=O) groups excluding carboxylic acids is 1. The van der Waals surface area contributed by atoms with E-state index in [4.69, 9.17) is 27.6 Å². The van der Waals surface area contributed by atoms with Crippen molar-refractivity contribution in [2.45, 2.75) is 46.1 Å². The van der Waals surface area contributed by atoms with Crippen LogP contribution in [-0.4, -0.2) is 20.7 Å². The summed E-state index contributed by atoms with van der Waals surface area (Å²) in [5.74, 6) is 1.56. The summed E-state index contributed by atoms with van der Waals surface area (Å²) < 4.78 is 7.55. The van der Waals surface area contributed by atoms with E-state index in [-0.39, 0.29) is 17.9 Å². The predicted molar refractivity (Wildman–Crippen MR) is 111 cm³/mol. The number of aryl methyl sites for hydroxylation is 2. The zero-order valence-electron chi connectivity index (χ0n) is 16.2. The lowest BCUT2D eigenvalue weighted by atomic mass is 10.1. The molecule has 0 bridgehead atoms. The second-order valence-corrected chi connectivity index (χ2v) is 8.39. The van der Waals surface area contributed by atoms with Crippen LogP contribution in [0, 0.1) is 6.92 Å². The molecule has 2 aromatic heterocycles. The van der Waals surface area contributed by atoms with Crippen LogP contribution in [0.4, 0.5) is 5.82 Å². The first-order chi connectivity index (χ1) is 13.1. The highest BCUT2D eigenvalue weighted by Crippen LogP contribution is 2.31. The predicted octanol–water partition coefficient (Wildman–Crippen LogP) is 5.48. The lowest BCUT2D eigenvalue weighted by molar-refractivity contribution is -0.116. The summed E-state index contributed by atoms with van der Waals surface area (Å²) in [5, 5.41) is 8.41. The Morgan fingerprint density at radius 1 is 1.25 bits per heavy atom. The first kappa shape index (κ1) is 20.4. The Morgan fingerprint density at radius 2 is 2.00 bits per heavy atom. The molecule has 1 aromatic carbocycles. The minimum Gasteiger partial charge on any atom is -0.441 e. The molecule has 0 radical (unpaired) electrons. The number of aromatic nitrogens is 3. The summed E-state index contributed by atoms with van der Waals surface area (Å²) in [6.45, 7) is 8.00. The van der Waals surface area contributed by atoms with Crippen LogP contribution in [0.2, 0.25) is 10.0 Å². The Labute approximate surface area is 173 Å². The number of hydrogen-bond acceptors (Lipinski definition) is 4. The number of anilines is 1. The summed E-state index contributed by atoms with van der Waals surface area (Å²) in [7, 11) is 0. The summed E-state index contributed by atoms with van der Waals surface area (Å²) >= 11 is 12.1. The van der Waals surface area contributed by atoms with E-state index in [0.717, 1.165) is 5.69 Å². The average Bonchev–Trinajstić information content (AvgIpc) is 3.19. The minimum atomic E-state index is -0.230. The van der Waals surface area contributed by atoms with Crippen LogP contribution in [-0.2, 0) is 16.8 Å². The maximum absolute atomic E-state index is 12.4. The van der Waals surface area contributed by atoms with E-state index in [1.807, 2.05) is 38.4 Å². The van der Waals surface area contributed by atoms with Crippen LogP contribution in [0.15, 0.2) is 34.9 Å². The van der Waals surface area contributed by atoms with Gasteiger partial charge in [-0.05, 0) is 45.9 Å². The third kappa shape index (κ3) is 4.75. The van der Waals surface area contributed by atoms with Crippen molar-refractivity contribution in [2.75, 3.05) is 5.32 Å². The van der Waals surface area contributed by atoms with E-state index in [1.165, 1.54) is 0 Å². The smallest absolute Gasteiger partial charge is 0.226 e. The maximum Gasteiger partial charge on any atom is 0.226 e. The molecule has 8 heteroatoms. The maximum atomic E-state index is 12.4. The molecule has 0 atom stereocenters. The molecule has 0 saturated carbocycles. The van der Waals surface area contributed by atoms with Gasteiger partial charge in [-0.3, -0.25) is 4.79 Å². The van der Waals surface area contributed by atoms with E-state index in [9.17, 15) is 4.79 Å². The number of nitrogens with zero attached hydrogens (tertiary/aromatic N) is 3. The molecule has 2 heterocycles. The quantitative estimate of drug-likeness (QED) is 0.592. The van der Waals surface area contributed by atoms with E-state index in [0.29, 0.717) is 39.5 Å². The van der Waals surface area contributed by atoms with Gasteiger partial charge in [-0.25, -0.2) is 9.67 Å². The number of carbonyl (C=O) groups is 1. The van der Waals surface area contributed by atoms with Crippen molar-refractivity contribution in [3.8, 4) is 11.3 Å². The van der Waals surface area contributed by atoms with Crippen molar-refractivity contribution >= 4 is 34.9 Å². The molecule has 28 heavy (non-hydrogen) atoms. The van der Waals surface area contributed by atoms with Gasteiger partial charge in [-0.2, -0.15) is 5.10 Å². The van der Waals surface area contributed by atoms with Gasteiger partial charge in [0.15, 0.2) is 11.7 Å². The van der Waals surface area contributed by atoms with E-state index in [1.54, 1.807) is 24.4 Å². The standard InChI is InChI=1S/C20H22Cl2N4O2/c1-12-9-17(26(25-12)20(2,3)4)24-18(27)7-8-19-23-11-16(28-19)14-6-5-13(21)10-15(14)22/h5-6,9-11H,7-8H2,1-4H3,(H,24,27). The first-order valence-electron chi connectivity index (χ1n) is 8.90.